The van der Waals surface area contributed by atoms with Crippen molar-refractivity contribution in [2.24, 2.45) is 5.92 Å². The molecule has 0 radical (unpaired) electrons. The lowest BCUT2D eigenvalue weighted by atomic mass is 9.92. The van der Waals surface area contributed by atoms with Crippen LogP contribution in [-0.4, -0.2) is 201 Å². The fourth-order valence-corrected chi connectivity index (χ4v) is 23.1. The van der Waals surface area contributed by atoms with Gasteiger partial charge in [-0.3, -0.25) is 30.6 Å². The van der Waals surface area contributed by atoms with Crippen LogP contribution in [0.5, 0.6) is 0 Å². The minimum Gasteiger partial charge on any atom is -0.393 e. The second-order valence-electron chi connectivity index (χ2n) is 40.1. The van der Waals surface area contributed by atoms with E-state index in [4.69, 9.17) is 58.0 Å². The molecule has 148 heavy (non-hydrogen) atoms. The second kappa shape index (κ2) is 45.1. The van der Waals surface area contributed by atoms with Gasteiger partial charge >= 0.3 is 36.2 Å². The average molecular weight is 2120 g/mol. The lowest BCUT2D eigenvalue weighted by Gasteiger charge is -2.28. The number of carbonyl (C=O) groups is 6. The largest absolute Gasteiger partial charge is 0.393 e. The molecule has 774 valence electrons. The van der Waals surface area contributed by atoms with E-state index >= 15 is 0 Å². The third kappa shape index (κ3) is 23.9. The summed E-state index contributed by atoms with van der Waals surface area (Å²) >= 11 is 29.8. The number of H-pyrrole nitrogens is 6. The Balaban J connectivity index is 0.000000108. The van der Waals surface area contributed by atoms with Gasteiger partial charge in [0.25, 0.3) is 0 Å². The molecule has 25 rings (SSSR count). The molecule has 12 heterocycles. The lowest BCUT2D eigenvalue weighted by Crippen LogP contribution is -2.39. The minimum absolute atomic E-state index is 0.0872. The number of nitrogens with zero attached hydrogens (tertiary/aromatic N) is 12. The summed E-state index contributed by atoms with van der Waals surface area (Å²) in [6, 6.07) is 38.0. The fraction of sp³-hybridized carbons (Fsp3) is 0.402. The molecule has 12 amide bonds. The molecule has 14 N–H and O–H groups in total. The number of nitrogens with one attached hydrogen (secondary N) is 12. The number of fused-ring (bicyclic) bond motifs is 7. The highest BCUT2D eigenvalue weighted by Gasteiger charge is 2.60. The van der Waals surface area contributed by atoms with Gasteiger partial charge in [-0.05, 0) is 223 Å². The molecule has 12 aromatic rings. The molecule has 5 fully saturated rings. The quantitative estimate of drug-likeness (QED) is 0.0506. The van der Waals surface area contributed by atoms with Crippen molar-refractivity contribution in [1.29, 1.82) is 0 Å². The molecule has 8 atom stereocenters. The number of alkyl halides is 2. The van der Waals surface area contributed by atoms with E-state index in [1.165, 1.54) is 55.8 Å². The zero-order valence-electron chi connectivity index (χ0n) is 81.2. The number of anilines is 6. The predicted molar refractivity (Wildman–Crippen MR) is 559 cm³/mol. The Morgan fingerprint density at radius 1 is 0.351 bits per heavy atom. The van der Waals surface area contributed by atoms with Crippen molar-refractivity contribution >= 4 is 139 Å². The van der Waals surface area contributed by atoms with Crippen LogP contribution >= 0.6 is 58.0 Å². The molecular weight excluding hydrogens is 2000 g/mol. The van der Waals surface area contributed by atoms with Gasteiger partial charge in [-0.1, -0.05) is 101 Å². The highest BCUT2D eigenvalue weighted by Crippen LogP contribution is 2.65. The van der Waals surface area contributed by atoms with Gasteiger partial charge in [0.1, 0.15) is 12.3 Å². The van der Waals surface area contributed by atoms with Crippen molar-refractivity contribution < 1.29 is 56.5 Å². The van der Waals surface area contributed by atoms with E-state index in [2.05, 4.69) is 93.1 Å². The summed E-state index contributed by atoms with van der Waals surface area (Å²) in [6.07, 6.45) is 20.4. The zero-order valence-corrected chi connectivity index (χ0v) is 85.0. The highest BCUT2D eigenvalue weighted by atomic mass is 35.5. The topological polar surface area (TPSA) is 407 Å². The van der Waals surface area contributed by atoms with E-state index in [-0.39, 0.29) is 65.2 Å². The summed E-state index contributed by atoms with van der Waals surface area (Å²) in [5, 5.41) is 85.0. The molecule has 6 aliphatic heterocycles. The van der Waals surface area contributed by atoms with Crippen LogP contribution in [0.2, 0.25) is 25.1 Å². The number of aliphatic hydroxyl groups excluding tert-OH is 2. The second-order valence-corrected chi connectivity index (χ2v) is 42.3. The number of aromatic nitrogens is 12. The number of hydrogen-bond donors (Lipinski definition) is 14. The third-order valence-corrected chi connectivity index (χ3v) is 31.3. The van der Waals surface area contributed by atoms with Crippen LogP contribution in [0.3, 0.4) is 0 Å². The van der Waals surface area contributed by atoms with Crippen molar-refractivity contribution in [2.45, 2.75) is 228 Å². The monoisotopic (exact) mass is 2110 g/mol. The Hall–Kier alpha value is -13.2. The molecule has 6 aromatic heterocycles. The first kappa shape index (κ1) is 102. The first-order chi connectivity index (χ1) is 71.7. The van der Waals surface area contributed by atoms with E-state index < -0.39 is 30.1 Å². The van der Waals surface area contributed by atoms with Crippen molar-refractivity contribution in [3.63, 3.8) is 0 Å². The molecule has 8 unspecified atom stereocenters. The van der Waals surface area contributed by atoms with Gasteiger partial charge in [0.05, 0.1) is 85.6 Å². The molecule has 0 spiro atoms. The summed E-state index contributed by atoms with van der Waals surface area (Å²) in [5.74, 6) is -0.112. The number of hydrogen-bond acceptors (Lipinski definition) is 14. The van der Waals surface area contributed by atoms with Gasteiger partial charge in [0.2, 0.25) is 0 Å². The number of halogens is 9. The normalized spacial score (nSPS) is 21.5. The van der Waals surface area contributed by atoms with Crippen LogP contribution in [0.25, 0.3) is 11.1 Å². The molecule has 0 saturated heterocycles. The van der Waals surface area contributed by atoms with Crippen molar-refractivity contribution in [3.8, 4) is 0 Å². The summed E-state index contributed by atoms with van der Waals surface area (Å²) in [7, 11) is 0. The molecule has 41 heteroatoms. The number of allylic oxidation sites excluding steroid dienone is 3. The standard InChI is InChI=1S/C19H20F2N4O.C18H20ClFN4O.C18H18ClFN4O.C18H21ClN4O2.C18H19ClN4O2.C16H17ClN4O/c20-14-4-3-12(8-15(14)21)22-18(26)25-7-5-16-13(10-25)17(24-23-16)19-6-1-2-11(19)9-19;2*19-12-2-1-3-14(9-12)21-18(25)24-7-6-16-15(10-24)17(23-22-16)11-4-5-13(20)8-11;2*19-12-2-1-3-13(9-12)20-18(25)23-7-6-16-15(10-23)17(22-21-16)11-4-5-14(24)8-11;17-11-2-1-3-12(8-11)18-16(22)21-7-6-14-13(9-21)15(20-19-14)10-4-5-10/h3-4,8,11H,1-2,5-7,9-10H2,(H,22,26)(H,23,24);1-3,9,11,13H,4-8,10H2,(H,21,25)(H,22,23);1-3,8-9,13H,4-7,10H2,(H,21,25)(H,22,23);1-3,9,11,14,24H,4-8,10H2,(H,20,25)(H,21,22);1-3,8-9,14,24H,4-7,10H2,(H,20,25)(H,21,22);1-3,8,10H,4-7,9H2,(H,18,22)(H,19,20). The van der Waals surface area contributed by atoms with Crippen LogP contribution < -0.4 is 31.9 Å². The molecule has 0 bridgehead atoms. The maximum Gasteiger partial charge on any atom is 0.322 e. The Kier molecular flexibility index (Phi) is 31.1. The molecule has 6 aromatic carbocycles. The van der Waals surface area contributed by atoms with Gasteiger partial charge in [0, 0.05) is 234 Å². The highest BCUT2D eigenvalue weighted by molar-refractivity contribution is 6.32. The van der Waals surface area contributed by atoms with E-state index in [0.717, 1.165) is 196 Å². The van der Waals surface area contributed by atoms with Crippen molar-refractivity contribution in [2.75, 3.05) is 71.2 Å². The summed E-state index contributed by atoms with van der Waals surface area (Å²) in [6.45, 7) is 6.91. The number of aromatic amines is 6. The number of urea groups is 6. The van der Waals surface area contributed by atoms with Gasteiger partial charge in [-0.15, -0.1) is 0 Å². The number of rotatable bonds is 12. The number of carbonyl (C=O) groups excluding carboxylic acids is 6. The summed E-state index contributed by atoms with van der Waals surface area (Å²) in [4.78, 5) is 86.0. The molecule has 5 saturated carbocycles. The molecule has 7 aliphatic carbocycles. The Morgan fingerprint density at radius 3 is 1.03 bits per heavy atom. The van der Waals surface area contributed by atoms with E-state index in [1.54, 1.807) is 116 Å². The third-order valence-electron chi connectivity index (χ3n) is 30.1. The van der Waals surface area contributed by atoms with E-state index in [1.807, 2.05) is 47.4 Å². The van der Waals surface area contributed by atoms with Crippen molar-refractivity contribution in [1.82, 2.24) is 90.6 Å². The molecule has 32 nitrogen and oxygen atoms in total. The van der Waals surface area contributed by atoms with Gasteiger partial charge < -0.3 is 71.5 Å². The van der Waals surface area contributed by atoms with Crippen LogP contribution in [0.1, 0.15) is 222 Å². The van der Waals surface area contributed by atoms with E-state index in [9.17, 15) is 56.5 Å². The Labute approximate surface area is 876 Å². The fourth-order valence-electron chi connectivity index (χ4n) is 22.1. The van der Waals surface area contributed by atoms with Crippen molar-refractivity contribution in [3.05, 3.63) is 290 Å². The van der Waals surface area contributed by atoms with Crippen LogP contribution in [0.15, 0.2) is 152 Å². The number of amides is 12. The molecule has 13 aliphatic rings. The van der Waals surface area contributed by atoms with E-state index in [0.29, 0.717) is 164 Å². The van der Waals surface area contributed by atoms with Crippen LogP contribution in [0.4, 0.5) is 80.5 Å². The summed E-state index contributed by atoms with van der Waals surface area (Å²) in [5.41, 5.74) is 25.1. The predicted octanol–water partition coefficient (Wildman–Crippen LogP) is 22.2. The van der Waals surface area contributed by atoms with Gasteiger partial charge in [-0.25, -0.2) is 46.3 Å². The first-order valence-corrected chi connectivity index (χ1v) is 52.6. The Bertz CT molecular complexity index is 6730. The van der Waals surface area contributed by atoms with Gasteiger partial charge in [-0.2, -0.15) is 30.6 Å². The summed E-state index contributed by atoms with van der Waals surface area (Å²) < 4.78 is 53.4. The van der Waals surface area contributed by atoms with Crippen LogP contribution in [-0.2, 0) is 83.2 Å². The zero-order chi connectivity index (χ0) is 103. The average Bonchev–Trinajstić information content (AvgIpc) is 1.54. The smallest absolute Gasteiger partial charge is 0.322 e. The maximum absolute atomic E-state index is 13.6. The van der Waals surface area contributed by atoms with Crippen LogP contribution in [0, 0.1) is 17.6 Å². The number of aliphatic hydroxyl groups is 2. The molecular formula is C107H115Cl5F4N24O8. The minimum atomic E-state index is -0.971. The lowest BCUT2D eigenvalue weighted by molar-refractivity contribution is 0.181. The van der Waals surface area contributed by atoms with Gasteiger partial charge in [0.15, 0.2) is 11.6 Å². The SMILES string of the molecule is O=C(Nc1ccc(F)c(F)c1)N1CCc2[nH]nc(C34CCCC3C4)c2C1.O=C(Nc1cccc(Cl)c1)N1CCc2[nH]nc(C3=CC(F)CC3)c2C1.O=C(Nc1cccc(Cl)c1)N1CCc2[nH]nc(C3=CC(O)CC3)c2C1.O=C(Nc1cccc(Cl)c1)N1CCc2[nH]nc(C3CC3)c2C1.O=C(Nc1cccc(Cl)c1)N1CCc2[nH]nc(C3CCC(F)C3)c2C1.O=C(Nc1cccc(Cl)c1)N1CCc2[nH]nc(C3CCC(O)C3)c2C1. The maximum atomic E-state index is 13.6. The Morgan fingerprint density at radius 2 is 0.696 bits per heavy atom. The number of benzene rings is 6. The first-order valence-electron chi connectivity index (χ1n) is 50.7.